The number of pyridine rings is 1. The summed E-state index contributed by atoms with van der Waals surface area (Å²) in [6, 6.07) is 12.2. The minimum atomic E-state index is -0.754. The number of hydrogen-bond donors (Lipinski definition) is 3. The van der Waals surface area contributed by atoms with Crippen LogP contribution in [-0.4, -0.2) is 62.9 Å². The fourth-order valence-corrected chi connectivity index (χ4v) is 4.62. The number of nitrogens with zero attached hydrogens (tertiary/aromatic N) is 4. The quantitative estimate of drug-likeness (QED) is 0.160. The summed E-state index contributed by atoms with van der Waals surface area (Å²) in [5.41, 5.74) is 1.76. The minimum Gasteiger partial charge on any atom is -0.459 e. The van der Waals surface area contributed by atoms with Crippen molar-refractivity contribution in [2.75, 3.05) is 31.6 Å². The lowest BCUT2D eigenvalue weighted by atomic mass is 9.93. The number of benzene rings is 1. The summed E-state index contributed by atoms with van der Waals surface area (Å²) in [5, 5.41) is 25.6. The highest BCUT2D eigenvalue weighted by molar-refractivity contribution is 5.91. The molecule has 1 amide bonds. The maximum Gasteiger partial charge on any atom is 0.287 e. The third kappa shape index (κ3) is 7.18. The van der Waals surface area contributed by atoms with Gasteiger partial charge in [0.1, 0.15) is 12.0 Å². The maximum atomic E-state index is 13.6. The minimum absolute atomic E-state index is 0.0517. The van der Waals surface area contributed by atoms with Crippen molar-refractivity contribution < 1.29 is 24.3 Å². The largest absolute Gasteiger partial charge is 0.459 e. The molecule has 1 aliphatic heterocycles. The molecule has 0 aliphatic carbocycles. The van der Waals surface area contributed by atoms with E-state index in [9.17, 15) is 19.7 Å². The summed E-state index contributed by atoms with van der Waals surface area (Å²) in [7, 11) is 1.82. The average Bonchev–Trinajstić information content (AvgIpc) is 3.20. The second-order valence-corrected chi connectivity index (χ2v) is 9.54. The average molecular weight is 567 g/mol. The van der Waals surface area contributed by atoms with Crippen LogP contribution in [0.3, 0.4) is 0 Å². The van der Waals surface area contributed by atoms with Crippen molar-refractivity contribution in [3.8, 4) is 5.69 Å². The monoisotopic (exact) mass is 566 g/mol. The molecule has 3 heterocycles. The smallest absolute Gasteiger partial charge is 0.287 e. The number of amides is 1. The van der Waals surface area contributed by atoms with Crippen molar-refractivity contribution in [2.24, 2.45) is 7.05 Å². The number of nitrogens with one attached hydrogen (secondary N) is 2. The molecule has 0 saturated heterocycles. The molecule has 0 spiro atoms. The van der Waals surface area contributed by atoms with Gasteiger partial charge < -0.3 is 25.2 Å². The van der Waals surface area contributed by atoms with Gasteiger partial charge in [-0.2, -0.15) is 0 Å². The molecule has 0 radical (unpaired) electrons. The number of ether oxygens (including phenoxy) is 2. The Balaban J connectivity index is 1.49. The second kappa shape index (κ2) is 13.7. The van der Waals surface area contributed by atoms with Crippen molar-refractivity contribution in [3.63, 3.8) is 0 Å². The number of aliphatic hydroxyl groups excluding tert-OH is 1. The Morgan fingerprint density at radius 2 is 2.00 bits per heavy atom. The number of hydrogen-bond acceptors (Lipinski definition) is 9. The number of aliphatic hydroxyl groups is 1. The van der Waals surface area contributed by atoms with Gasteiger partial charge in [-0.15, -0.1) is 0 Å². The first-order valence-corrected chi connectivity index (χ1v) is 13.4. The number of unbranched alkanes of at least 4 members (excludes halogenated alkanes) is 1. The highest BCUT2D eigenvalue weighted by atomic mass is 16.7. The molecule has 13 heteroatoms. The molecule has 0 fully saturated rings. The number of carbonyl (C=O) groups excluding carboxylic acids is 1. The normalized spacial score (nSPS) is 16.5. The van der Waals surface area contributed by atoms with Crippen molar-refractivity contribution in [3.05, 3.63) is 92.2 Å². The Hall–Kier alpha value is -4.49. The number of carbonyl (C=O) groups is 1. The van der Waals surface area contributed by atoms with Crippen molar-refractivity contribution in [2.45, 2.75) is 38.4 Å². The topological polar surface area (TPSA) is 163 Å². The van der Waals surface area contributed by atoms with Crippen molar-refractivity contribution in [1.82, 2.24) is 19.7 Å². The van der Waals surface area contributed by atoms with E-state index in [0.29, 0.717) is 43.8 Å². The van der Waals surface area contributed by atoms with E-state index in [2.05, 4.69) is 15.6 Å². The van der Waals surface area contributed by atoms with E-state index in [0.717, 1.165) is 17.6 Å². The first-order valence-electron chi connectivity index (χ1n) is 13.4. The van der Waals surface area contributed by atoms with Crippen LogP contribution >= 0.6 is 0 Å². The number of rotatable bonds is 13. The Morgan fingerprint density at radius 1 is 1.22 bits per heavy atom. The summed E-state index contributed by atoms with van der Waals surface area (Å²) in [6.07, 6.45) is 3.61. The Kier molecular flexibility index (Phi) is 9.87. The van der Waals surface area contributed by atoms with Gasteiger partial charge in [-0.3, -0.25) is 24.4 Å². The molecule has 13 nitrogen and oxygen atoms in total. The Bertz CT molecular complexity index is 1430. The van der Waals surface area contributed by atoms with E-state index in [-0.39, 0.29) is 30.2 Å². The molecule has 0 bridgehead atoms. The van der Waals surface area contributed by atoms with E-state index in [1.807, 2.05) is 44.3 Å². The van der Waals surface area contributed by atoms with Crippen LogP contribution in [0.15, 0.2) is 65.3 Å². The molecule has 1 aromatic carbocycles. The van der Waals surface area contributed by atoms with Gasteiger partial charge in [0, 0.05) is 56.4 Å². The van der Waals surface area contributed by atoms with Crippen LogP contribution in [0.5, 0.6) is 0 Å². The summed E-state index contributed by atoms with van der Waals surface area (Å²) < 4.78 is 15.2. The fourth-order valence-electron chi connectivity index (χ4n) is 4.62. The van der Waals surface area contributed by atoms with Crippen LogP contribution in [-0.2, 0) is 21.3 Å². The molecule has 0 saturated carbocycles. The molecule has 3 aromatic rings. The third-order valence-corrected chi connectivity index (χ3v) is 6.78. The van der Waals surface area contributed by atoms with Crippen LogP contribution < -0.4 is 16.2 Å². The standard InChI is InChI=1S/C28H34N6O7/c1-19-26(28(37)33(32(19)2)21-8-4-3-5-9-21)20-16-23(41-25(17-20)40-15-7-6-14-35)27(36)30-13-12-29-24-11-10-22(18-31-24)34(38)39/h3-5,8-11,16,18,20,25,35H,6-7,12-15,17H2,1-2H3,(H,29,31)(H,30,36)/t20-,25+/m0/s1. The highest BCUT2D eigenvalue weighted by Gasteiger charge is 2.32. The lowest BCUT2D eigenvalue weighted by Gasteiger charge is -2.29. The third-order valence-electron chi connectivity index (χ3n) is 6.78. The van der Waals surface area contributed by atoms with Gasteiger partial charge in [-0.05, 0) is 44.0 Å². The van der Waals surface area contributed by atoms with Gasteiger partial charge >= 0.3 is 0 Å². The first-order chi connectivity index (χ1) is 19.8. The maximum absolute atomic E-state index is 13.6. The number of allylic oxidation sites excluding steroid dienone is 1. The van der Waals surface area contributed by atoms with Crippen molar-refractivity contribution in [1.29, 1.82) is 0 Å². The Labute approximate surface area is 236 Å². The Morgan fingerprint density at radius 3 is 2.68 bits per heavy atom. The predicted octanol–water partition coefficient (Wildman–Crippen LogP) is 2.52. The van der Waals surface area contributed by atoms with E-state index in [1.54, 1.807) is 15.4 Å². The molecule has 218 valence electrons. The molecule has 41 heavy (non-hydrogen) atoms. The zero-order chi connectivity index (χ0) is 29.4. The van der Waals surface area contributed by atoms with E-state index in [1.165, 1.54) is 12.1 Å². The van der Waals surface area contributed by atoms with Crippen LogP contribution in [0.2, 0.25) is 0 Å². The summed E-state index contributed by atoms with van der Waals surface area (Å²) >= 11 is 0. The molecule has 3 N–H and O–H groups in total. The lowest BCUT2D eigenvalue weighted by molar-refractivity contribution is -0.385. The van der Waals surface area contributed by atoms with Crippen LogP contribution in [0.1, 0.15) is 36.4 Å². The number of anilines is 1. The first kappa shape index (κ1) is 29.5. The highest BCUT2D eigenvalue weighted by Crippen LogP contribution is 2.32. The molecule has 0 unspecified atom stereocenters. The van der Waals surface area contributed by atoms with E-state index < -0.39 is 23.0 Å². The van der Waals surface area contributed by atoms with Gasteiger partial charge in [0.25, 0.3) is 17.2 Å². The second-order valence-electron chi connectivity index (χ2n) is 9.54. The SMILES string of the molecule is Cc1c([C@H]2C=C(C(=O)NCCNc3ccc([N+](=O)[O-])cn3)O[C@@H](OCCCCO)C2)c(=O)n(-c2ccccc2)n1C. The zero-order valence-corrected chi connectivity index (χ0v) is 23.0. The van der Waals surface area contributed by atoms with Crippen LogP contribution in [0.25, 0.3) is 5.69 Å². The van der Waals surface area contributed by atoms with Gasteiger partial charge in [0.2, 0.25) is 6.29 Å². The van der Waals surface area contributed by atoms with Gasteiger partial charge in [-0.1, -0.05) is 18.2 Å². The van der Waals surface area contributed by atoms with E-state index >= 15 is 0 Å². The molecular weight excluding hydrogens is 532 g/mol. The number of para-hydroxylation sites is 1. The molecular formula is C28H34N6O7. The number of nitro groups is 1. The van der Waals surface area contributed by atoms with E-state index in [4.69, 9.17) is 14.6 Å². The molecule has 2 aromatic heterocycles. The summed E-state index contributed by atoms with van der Waals surface area (Å²) in [4.78, 5) is 41.0. The van der Waals surface area contributed by atoms with Gasteiger partial charge in [0.15, 0.2) is 5.76 Å². The predicted molar refractivity (Wildman–Crippen MR) is 151 cm³/mol. The molecule has 2 atom stereocenters. The fraction of sp³-hybridized carbons (Fsp3) is 0.393. The van der Waals surface area contributed by atoms with Gasteiger partial charge in [0.05, 0.1) is 17.2 Å². The van der Waals surface area contributed by atoms with Gasteiger partial charge in [-0.25, -0.2) is 9.67 Å². The zero-order valence-electron chi connectivity index (χ0n) is 23.0. The lowest BCUT2D eigenvalue weighted by Crippen LogP contribution is -2.35. The summed E-state index contributed by atoms with van der Waals surface area (Å²) in [6.45, 7) is 2.79. The van der Waals surface area contributed by atoms with Crippen LogP contribution in [0, 0.1) is 17.0 Å². The summed E-state index contributed by atoms with van der Waals surface area (Å²) in [5.74, 6) is -0.410. The number of aromatic nitrogens is 3. The van der Waals surface area contributed by atoms with Crippen LogP contribution in [0.4, 0.5) is 11.5 Å². The van der Waals surface area contributed by atoms with Crippen molar-refractivity contribution >= 4 is 17.4 Å². The molecule has 1 aliphatic rings. The molecule has 4 rings (SSSR count).